The largest absolute Gasteiger partial charge is 0.321 e. The highest BCUT2D eigenvalue weighted by molar-refractivity contribution is 4.68. The second-order valence-electron chi connectivity index (χ2n) is 5.42. The molecule has 0 aromatic rings. The Balaban J connectivity index is 2.07. The minimum atomic E-state index is 0.951. The molecule has 0 bridgehead atoms. The van der Waals surface area contributed by atoms with Crippen molar-refractivity contribution >= 4 is 0 Å². The molecule has 2 saturated heterocycles. The van der Waals surface area contributed by atoms with E-state index >= 15 is 0 Å². The summed E-state index contributed by atoms with van der Waals surface area (Å²) in [4.78, 5) is 0. The molecule has 0 radical (unpaired) electrons. The van der Waals surface area contributed by atoms with Crippen molar-refractivity contribution in [3.63, 3.8) is 0 Å². The van der Waals surface area contributed by atoms with Crippen LogP contribution in [0.15, 0.2) is 0 Å². The lowest BCUT2D eigenvalue weighted by Gasteiger charge is -2.38. The van der Waals surface area contributed by atoms with Gasteiger partial charge in [0.25, 0.3) is 0 Å². The quantitative estimate of drug-likeness (QED) is 0.505. The minimum Gasteiger partial charge on any atom is -0.321 e. The molecular weight excluding hydrogens is 158 g/mol. The third-order valence-corrected chi connectivity index (χ3v) is 4.54. The molecule has 0 N–H and O–H groups in total. The maximum atomic E-state index is 2.49. The number of hydrogen-bond acceptors (Lipinski definition) is 0. The highest BCUT2D eigenvalue weighted by atomic mass is 15.4. The fourth-order valence-electron chi connectivity index (χ4n) is 3.27. The maximum Gasteiger partial charge on any atom is 0.0861 e. The number of hydrogen-bond donors (Lipinski definition) is 0. The van der Waals surface area contributed by atoms with Crippen LogP contribution in [0.2, 0.25) is 0 Å². The molecule has 0 amide bonds. The van der Waals surface area contributed by atoms with Gasteiger partial charge in [0.1, 0.15) is 0 Å². The second-order valence-corrected chi connectivity index (χ2v) is 5.42. The Hall–Kier alpha value is -0.0400. The smallest absolute Gasteiger partial charge is 0.0861 e. The van der Waals surface area contributed by atoms with Crippen molar-refractivity contribution in [2.24, 2.45) is 5.92 Å². The van der Waals surface area contributed by atoms with Crippen molar-refractivity contribution in [2.45, 2.75) is 52.0 Å². The molecule has 2 heterocycles. The average Bonchev–Trinajstić information content (AvgIpc) is 2.55. The van der Waals surface area contributed by atoms with Crippen molar-refractivity contribution in [3.05, 3.63) is 0 Å². The predicted octanol–water partition coefficient (Wildman–Crippen LogP) is 2.81. The van der Waals surface area contributed by atoms with E-state index in [2.05, 4.69) is 13.8 Å². The van der Waals surface area contributed by atoms with Gasteiger partial charge in [-0.25, -0.2) is 0 Å². The van der Waals surface area contributed by atoms with Gasteiger partial charge in [-0.05, 0) is 32.1 Å². The van der Waals surface area contributed by atoms with Gasteiger partial charge in [-0.1, -0.05) is 6.92 Å². The summed E-state index contributed by atoms with van der Waals surface area (Å²) >= 11 is 0. The zero-order valence-corrected chi connectivity index (χ0v) is 9.26. The zero-order chi connectivity index (χ0) is 9.31. The number of quaternary nitrogens is 1. The number of nitrogens with zero attached hydrogens (tertiary/aromatic N) is 1. The normalized spacial score (nSPS) is 39.2. The van der Waals surface area contributed by atoms with E-state index in [9.17, 15) is 0 Å². The molecule has 2 aliphatic rings. The molecular formula is C12H24N+. The summed E-state index contributed by atoms with van der Waals surface area (Å²) in [5, 5.41) is 0. The monoisotopic (exact) mass is 182 g/mol. The summed E-state index contributed by atoms with van der Waals surface area (Å²) in [6.07, 6.45) is 7.39. The van der Waals surface area contributed by atoms with E-state index in [1.807, 2.05) is 0 Å². The van der Waals surface area contributed by atoms with Gasteiger partial charge in [0.2, 0.25) is 0 Å². The average molecular weight is 182 g/mol. The van der Waals surface area contributed by atoms with Gasteiger partial charge >= 0.3 is 0 Å². The lowest BCUT2D eigenvalue weighted by atomic mass is 10.0. The van der Waals surface area contributed by atoms with Crippen LogP contribution in [0.1, 0.15) is 46.0 Å². The van der Waals surface area contributed by atoms with Crippen LogP contribution in [0.25, 0.3) is 0 Å². The lowest BCUT2D eigenvalue weighted by Crippen LogP contribution is -2.51. The van der Waals surface area contributed by atoms with Crippen molar-refractivity contribution in [2.75, 3.05) is 19.6 Å². The first-order chi connectivity index (χ1) is 6.23. The summed E-state index contributed by atoms with van der Waals surface area (Å²) in [5.74, 6) is 0.987. The molecule has 76 valence electrons. The molecule has 1 nitrogen and oxygen atoms in total. The van der Waals surface area contributed by atoms with Crippen LogP contribution in [0.5, 0.6) is 0 Å². The second kappa shape index (κ2) is 3.61. The minimum absolute atomic E-state index is 0.951. The SMILES string of the molecule is CC1CCC(C)[N+]2(CCCC2)CC1. The molecule has 0 aromatic carbocycles. The van der Waals surface area contributed by atoms with Crippen LogP contribution in [0.3, 0.4) is 0 Å². The van der Waals surface area contributed by atoms with Gasteiger partial charge in [-0.2, -0.15) is 0 Å². The van der Waals surface area contributed by atoms with Crippen molar-refractivity contribution in [3.8, 4) is 0 Å². The molecule has 2 rings (SSSR count). The molecule has 0 aromatic heterocycles. The van der Waals surface area contributed by atoms with Crippen LogP contribution < -0.4 is 0 Å². The fraction of sp³-hybridized carbons (Fsp3) is 1.00. The van der Waals surface area contributed by atoms with Crippen LogP contribution in [-0.2, 0) is 0 Å². The van der Waals surface area contributed by atoms with E-state index in [0.29, 0.717) is 0 Å². The molecule has 2 fully saturated rings. The van der Waals surface area contributed by atoms with Gasteiger partial charge in [0.05, 0.1) is 25.7 Å². The first-order valence-electron chi connectivity index (χ1n) is 6.09. The Morgan fingerprint density at radius 3 is 2.23 bits per heavy atom. The van der Waals surface area contributed by atoms with E-state index < -0.39 is 0 Å². The van der Waals surface area contributed by atoms with E-state index in [1.165, 1.54) is 56.2 Å². The summed E-state index contributed by atoms with van der Waals surface area (Å²) in [6.45, 7) is 9.36. The van der Waals surface area contributed by atoms with Crippen LogP contribution >= 0.6 is 0 Å². The summed E-state index contributed by atoms with van der Waals surface area (Å²) in [6, 6.07) is 0.951. The van der Waals surface area contributed by atoms with E-state index in [-0.39, 0.29) is 0 Å². The van der Waals surface area contributed by atoms with E-state index in [4.69, 9.17) is 0 Å². The van der Waals surface area contributed by atoms with E-state index in [0.717, 1.165) is 12.0 Å². The summed E-state index contributed by atoms with van der Waals surface area (Å²) < 4.78 is 1.48. The molecule has 0 aliphatic carbocycles. The van der Waals surface area contributed by atoms with Crippen molar-refractivity contribution < 1.29 is 4.48 Å². The van der Waals surface area contributed by atoms with Gasteiger partial charge in [0.15, 0.2) is 0 Å². The Labute approximate surface area is 82.7 Å². The van der Waals surface area contributed by atoms with Crippen LogP contribution in [0, 0.1) is 5.92 Å². The maximum absolute atomic E-state index is 2.49. The first kappa shape index (κ1) is 9.51. The lowest BCUT2D eigenvalue weighted by molar-refractivity contribution is -0.938. The summed E-state index contributed by atoms with van der Waals surface area (Å²) in [5.41, 5.74) is 0. The molecule has 2 aliphatic heterocycles. The molecule has 0 saturated carbocycles. The highest BCUT2D eigenvalue weighted by Gasteiger charge is 2.38. The van der Waals surface area contributed by atoms with E-state index in [1.54, 1.807) is 0 Å². The van der Waals surface area contributed by atoms with Crippen LogP contribution in [-0.4, -0.2) is 30.2 Å². The Bertz CT molecular complexity index is 170. The molecule has 2 unspecified atom stereocenters. The topological polar surface area (TPSA) is 0 Å². The third-order valence-electron chi connectivity index (χ3n) is 4.54. The number of rotatable bonds is 0. The van der Waals surface area contributed by atoms with Gasteiger partial charge in [-0.15, -0.1) is 0 Å². The summed E-state index contributed by atoms with van der Waals surface area (Å²) in [7, 11) is 0. The zero-order valence-electron chi connectivity index (χ0n) is 9.26. The predicted molar refractivity (Wildman–Crippen MR) is 56.6 cm³/mol. The van der Waals surface area contributed by atoms with Gasteiger partial charge < -0.3 is 4.48 Å². The Kier molecular flexibility index (Phi) is 2.64. The molecule has 13 heavy (non-hydrogen) atoms. The highest BCUT2D eigenvalue weighted by Crippen LogP contribution is 2.32. The first-order valence-corrected chi connectivity index (χ1v) is 6.09. The van der Waals surface area contributed by atoms with Crippen LogP contribution in [0.4, 0.5) is 0 Å². The fourth-order valence-corrected chi connectivity index (χ4v) is 3.27. The molecule has 1 heteroatoms. The molecule has 2 atom stereocenters. The van der Waals surface area contributed by atoms with Gasteiger partial charge in [0, 0.05) is 12.8 Å². The third kappa shape index (κ3) is 1.76. The van der Waals surface area contributed by atoms with Crippen molar-refractivity contribution in [1.29, 1.82) is 0 Å². The van der Waals surface area contributed by atoms with Gasteiger partial charge in [-0.3, -0.25) is 0 Å². The standard InChI is InChI=1S/C12H24N/c1-11-5-6-12(2)13(10-7-11)8-3-4-9-13/h11-12H,3-10H2,1-2H3/q+1. The molecule has 1 spiro atoms. The Morgan fingerprint density at radius 2 is 1.54 bits per heavy atom. The Morgan fingerprint density at radius 1 is 0.846 bits per heavy atom. The van der Waals surface area contributed by atoms with Crippen molar-refractivity contribution in [1.82, 2.24) is 0 Å².